The van der Waals surface area contributed by atoms with Crippen LogP contribution in [-0.4, -0.2) is 47.1 Å². The van der Waals surface area contributed by atoms with Gasteiger partial charge in [-0.15, -0.1) is 0 Å². The molecule has 0 unspecified atom stereocenters. The minimum absolute atomic E-state index is 0.435. The minimum Gasteiger partial charge on any atom is -0.384 e. The van der Waals surface area contributed by atoms with E-state index in [4.69, 9.17) is 4.98 Å². The summed E-state index contributed by atoms with van der Waals surface area (Å²) in [5, 5.41) is 6.93. The Bertz CT molecular complexity index is 870. The van der Waals surface area contributed by atoms with E-state index in [2.05, 4.69) is 70.1 Å². The Kier molecular flexibility index (Phi) is 6.53. The fourth-order valence-electron chi connectivity index (χ4n) is 4.53. The number of aromatic nitrogens is 2. The fourth-order valence-corrected chi connectivity index (χ4v) is 4.53. The molecule has 6 nitrogen and oxygen atoms in total. The third kappa shape index (κ3) is 4.59. The molecule has 1 aromatic carbocycles. The van der Waals surface area contributed by atoms with Crippen molar-refractivity contribution in [1.82, 2.24) is 14.9 Å². The first-order valence-electron chi connectivity index (χ1n) is 11.3. The molecule has 2 N–H and O–H groups in total. The molecule has 1 aromatic heterocycles. The number of benzene rings is 1. The van der Waals surface area contributed by atoms with Crippen molar-refractivity contribution in [3.63, 3.8) is 0 Å². The summed E-state index contributed by atoms with van der Waals surface area (Å²) in [7, 11) is 0. The van der Waals surface area contributed by atoms with Gasteiger partial charge in [-0.05, 0) is 57.0 Å². The lowest BCUT2D eigenvalue weighted by Crippen LogP contribution is -2.31. The standard InChI is InChI=1S/C24H34N6/c1-4-22(5-2)30-18(3)15-19-17-26-24(28-23(19)30)27-21-10-8-9-20(16-21)25-11-14-29-12-6-7-13-29/h8-10,16-17,22,25H,3-7,11-15H2,1-2H3,(H,26,27,28). The number of hydrogen-bond donors (Lipinski definition) is 2. The van der Waals surface area contributed by atoms with Gasteiger partial charge in [0.2, 0.25) is 5.95 Å². The Morgan fingerprint density at radius 1 is 1.13 bits per heavy atom. The Morgan fingerprint density at radius 3 is 2.67 bits per heavy atom. The van der Waals surface area contributed by atoms with Crippen LogP contribution in [0.5, 0.6) is 0 Å². The number of nitrogens with zero attached hydrogens (tertiary/aromatic N) is 4. The van der Waals surface area contributed by atoms with Crippen molar-refractivity contribution in [3.05, 3.63) is 48.3 Å². The van der Waals surface area contributed by atoms with Gasteiger partial charge in [-0.1, -0.05) is 26.5 Å². The van der Waals surface area contributed by atoms with E-state index in [-0.39, 0.29) is 0 Å². The maximum absolute atomic E-state index is 4.86. The molecule has 0 atom stereocenters. The van der Waals surface area contributed by atoms with Gasteiger partial charge in [-0.2, -0.15) is 4.98 Å². The quantitative estimate of drug-likeness (QED) is 0.624. The lowest BCUT2D eigenvalue weighted by molar-refractivity contribution is 0.352. The first kappa shape index (κ1) is 20.7. The van der Waals surface area contributed by atoms with Gasteiger partial charge < -0.3 is 20.4 Å². The summed E-state index contributed by atoms with van der Waals surface area (Å²) in [6, 6.07) is 8.78. The second kappa shape index (κ2) is 9.47. The zero-order chi connectivity index (χ0) is 20.9. The molecule has 0 radical (unpaired) electrons. The minimum atomic E-state index is 0.435. The highest BCUT2D eigenvalue weighted by molar-refractivity contribution is 5.65. The number of hydrogen-bond acceptors (Lipinski definition) is 6. The average Bonchev–Trinajstić information content (AvgIpc) is 3.37. The molecule has 1 fully saturated rings. The topological polar surface area (TPSA) is 56.3 Å². The zero-order valence-electron chi connectivity index (χ0n) is 18.3. The number of nitrogens with one attached hydrogen (secondary N) is 2. The zero-order valence-corrected chi connectivity index (χ0v) is 18.3. The predicted octanol–water partition coefficient (Wildman–Crippen LogP) is 4.79. The molecule has 0 aliphatic carbocycles. The van der Waals surface area contributed by atoms with E-state index in [1.165, 1.54) is 25.9 Å². The number of allylic oxidation sites excluding steroid dienone is 1. The van der Waals surface area contributed by atoms with Gasteiger partial charge in [-0.25, -0.2) is 4.98 Å². The van der Waals surface area contributed by atoms with Crippen molar-refractivity contribution in [2.75, 3.05) is 41.7 Å². The predicted molar refractivity (Wildman–Crippen MR) is 126 cm³/mol. The number of rotatable bonds is 9. The van der Waals surface area contributed by atoms with Crippen molar-refractivity contribution >= 4 is 23.1 Å². The van der Waals surface area contributed by atoms with E-state index in [0.29, 0.717) is 12.0 Å². The number of anilines is 4. The summed E-state index contributed by atoms with van der Waals surface area (Å²) in [6.45, 7) is 13.3. The normalized spacial score (nSPS) is 16.4. The van der Waals surface area contributed by atoms with Crippen LogP contribution in [-0.2, 0) is 6.42 Å². The van der Waals surface area contributed by atoms with Gasteiger partial charge in [0.05, 0.1) is 0 Å². The maximum Gasteiger partial charge on any atom is 0.229 e. The van der Waals surface area contributed by atoms with Crippen molar-refractivity contribution in [2.45, 2.75) is 52.0 Å². The van der Waals surface area contributed by atoms with Crippen LogP contribution in [0.2, 0.25) is 0 Å². The van der Waals surface area contributed by atoms with Gasteiger partial charge in [-0.3, -0.25) is 0 Å². The Morgan fingerprint density at radius 2 is 1.90 bits per heavy atom. The Balaban J connectivity index is 1.43. The molecule has 0 bridgehead atoms. The molecule has 0 saturated carbocycles. The molecule has 3 heterocycles. The highest BCUT2D eigenvalue weighted by Gasteiger charge is 2.29. The lowest BCUT2D eigenvalue weighted by Gasteiger charge is -2.28. The van der Waals surface area contributed by atoms with Gasteiger partial charge >= 0.3 is 0 Å². The molecule has 0 spiro atoms. The van der Waals surface area contributed by atoms with E-state index in [1.807, 2.05) is 6.20 Å². The van der Waals surface area contributed by atoms with Gasteiger partial charge in [0, 0.05) is 54.4 Å². The number of likely N-dealkylation sites (tertiary alicyclic amines) is 1. The van der Waals surface area contributed by atoms with E-state index in [1.54, 1.807) is 0 Å². The monoisotopic (exact) mass is 406 g/mol. The first-order valence-corrected chi connectivity index (χ1v) is 11.3. The van der Waals surface area contributed by atoms with Crippen molar-refractivity contribution < 1.29 is 0 Å². The van der Waals surface area contributed by atoms with Crippen LogP contribution in [0.4, 0.5) is 23.1 Å². The molecule has 2 aliphatic rings. The van der Waals surface area contributed by atoms with Crippen molar-refractivity contribution in [2.24, 2.45) is 0 Å². The first-order chi connectivity index (χ1) is 14.7. The van der Waals surface area contributed by atoms with E-state index in [0.717, 1.165) is 60.8 Å². The van der Waals surface area contributed by atoms with Crippen LogP contribution in [0.1, 0.15) is 45.1 Å². The van der Waals surface area contributed by atoms with Crippen LogP contribution in [0, 0.1) is 0 Å². The molecule has 0 amide bonds. The smallest absolute Gasteiger partial charge is 0.229 e. The Hall–Kier alpha value is -2.60. The third-order valence-corrected chi connectivity index (χ3v) is 6.19. The molecule has 1 saturated heterocycles. The van der Waals surface area contributed by atoms with Crippen LogP contribution < -0.4 is 15.5 Å². The molecule has 30 heavy (non-hydrogen) atoms. The van der Waals surface area contributed by atoms with Gasteiger partial charge in [0.15, 0.2) is 0 Å². The van der Waals surface area contributed by atoms with E-state index < -0.39 is 0 Å². The second-order valence-corrected chi connectivity index (χ2v) is 8.31. The van der Waals surface area contributed by atoms with Crippen LogP contribution in [0.25, 0.3) is 0 Å². The van der Waals surface area contributed by atoms with Gasteiger partial charge in [0.25, 0.3) is 0 Å². The molecular formula is C24H34N6. The lowest BCUT2D eigenvalue weighted by atomic mass is 10.1. The van der Waals surface area contributed by atoms with Crippen molar-refractivity contribution in [1.29, 1.82) is 0 Å². The molecule has 6 heteroatoms. The number of fused-ring (bicyclic) bond motifs is 1. The molecule has 160 valence electrons. The summed E-state index contributed by atoms with van der Waals surface area (Å²) in [6.07, 6.45) is 7.60. The van der Waals surface area contributed by atoms with Crippen LogP contribution >= 0.6 is 0 Å². The van der Waals surface area contributed by atoms with E-state index >= 15 is 0 Å². The SMILES string of the molecule is C=C1Cc2cnc(Nc3cccc(NCCN4CCCC4)c3)nc2N1C(CC)CC. The average molecular weight is 407 g/mol. The van der Waals surface area contributed by atoms with Crippen LogP contribution in [0.3, 0.4) is 0 Å². The summed E-state index contributed by atoms with van der Waals surface area (Å²) in [5.41, 5.74) is 4.39. The second-order valence-electron chi connectivity index (χ2n) is 8.31. The summed E-state index contributed by atoms with van der Waals surface area (Å²) in [4.78, 5) is 14.2. The maximum atomic E-state index is 4.86. The molecular weight excluding hydrogens is 372 g/mol. The van der Waals surface area contributed by atoms with Gasteiger partial charge in [0.1, 0.15) is 5.82 Å². The third-order valence-electron chi connectivity index (χ3n) is 6.19. The summed E-state index contributed by atoms with van der Waals surface area (Å²) >= 11 is 0. The Labute approximate surface area is 180 Å². The highest BCUT2D eigenvalue weighted by Crippen LogP contribution is 2.35. The van der Waals surface area contributed by atoms with Crippen LogP contribution in [0.15, 0.2) is 42.7 Å². The van der Waals surface area contributed by atoms with Crippen molar-refractivity contribution in [3.8, 4) is 0 Å². The molecule has 4 rings (SSSR count). The molecule has 2 aromatic rings. The largest absolute Gasteiger partial charge is 0.384 e. The van der Waals surface area contributed by atoms with E-state index in [9.17, 15) is 0 Å². The summed E-state index contributed by atoms with van der Waals surface area (Å²) in [5.74, 6) is 1.64. The highest BCUT2D eigenvalue weighted by atomic mass is 15.3. The summed E-state index contributed by atoms with van der Waals surface area (Å²) < 4.78 is 0. The molecule has 2 aliphatic heterocycles. The fraction of sp³-hybridized carbons (Fsp3) is 0.500.